The summed E-state index contributed by atoms with van der Waals surface area (Å²) in [6, 6.07) is 0. The first-order chi connectivity index (χ1) is 7.20. The second-order valence-electron chi connectivity index (χ2n) is 4.61. The Balaban J connectivity index is 2.19. The standard InChI is InChI=1S/C14H22O/c1-12(2)8-4-3-5-9-13-10-6-7-11-14(13)15/h4,8,10,12H,3,5-7,9,11H2,1-2H3/b8-4-. The number of Topliss-reactive ketones (excluding diaryl/α,β-unsaturated/α-hetero) is 1. The fraction of sp³-hybridized carbons (Fsp3) is 0.643. The van der Waals surface area contributed by atoms with E-state index in [0.717, 1.165) is 44.1 Å². The van der Waals surface area contributed by atoms with Crippen molar-refractivity contribution in [3.05, 3.63) is 23.8 Å². The van der Waals surface area contributed by atoms with E-state index in [1.165, 1.54) is 0 Å². The van der Waals surface area contributed by atoms with Crippen molar-refractivity contribution in [1.29, 1.82) is 0 Å². The Morgan fingerprint density at radius 1 is 1.47 bits per heavy atom. The molecule has 0 radical (unpaired) electrons. The quantitative estimate of drug-likeness (QED) is 0.490. The van der Waals surface area contributed by atoms with Gasteiger partial charge in [0.15, 0.2) is 5.78 Å². The zero-order chi connectivity index (χ0) is 11.1. The summed E-state index contributed by atoms with van der Waals surface area (Å²) in [5.74, 6) is 1.02. The van der Waals surface area contributed by atoms with Crippen LogP contribution in [0.25, 0.3) is 0 Å². The Labute approximate surface area is 93.3 Å². The highest BCUT2D eigenvalue weighted by molar-refractivity contribution is 5.95. The van der Waals surface area contributed by atoms with Crippen LogP contribution in [0.5, 0.6) is 0 Å². The molecule has 0 bridgehead atoms. The number of carbonyl (C=O) groups excluding carboxylic acids is 1. The minimum absolute atomic E-state index is 0.383. The SMILES string of the molecule is CC(C)/C=C\CCCC1=CCCCC1=O. The van der Waals surface area contributed by atoms with Crippen molar-refractivity contribution >= 4 is 5.78 Å². The lowest BCUT2D eigenvalue weighted by atomic mass is 9.94. The average molecular weight is 206 g/mol. The van der Waals surface area contributed by atoms with Gasteiger partial charge in [0.25, 0.3) is 0 Å². The molecule has 15 heavy (non-hydrogen) atoms. The van der Waals surface area contributed by atoms with Crippen LogP contribution in [0.15, 0.2) is 23.8 Å². The molecule has 1 nitrogen and oxygen atoms in total. The van der Waals surface area contributed by atoms with Crippen LogP contribution in [0.3, 0.4) is 0 Å². The van der Waals surface area contributed by atoms with Crippen LogP contribution < -0.4 is 0 Å². The van der Waals surface area contributed by atoms with E-state index in [4.69, 9.17) is 0 Å². The number of unbranched alkanes of at least 4 members (excludes halogenated alkanes) is 1. The predicted molar refractivity (Wildman–Crippen MR) is 64.8 cm³/mol. The van der Waals surface area contributed by atoms with Gasteiger partial charge in [-0.3, -0.25) is 4.79 Å². The molecule has 0 aromatic rings. The van der Waals surface area contributed by atoms with Gasteiger partial charge < -0.3 is 0 Å². The Hall–Kier alpha value is -0.850. The number of carbonyl (C=O) groups is 1. The fourth-order valence-electron chi connectivity index (χ4n) is 1.83. The van der Waals surface area contributed by atoms with E-state index in [1.54, 1.807) is 0 Å². The number of rotatable bonds is 5. The van der Waals surface area contributed by atoms with Gasteiger partial charge in [-0.25, -0.2) is 0 Å². The van der Waals surface area contributed by atoms with Crippen molar-refractivity contribution < 1.29 is 4.79 Å². The maximum Gasteiger partial charge on any atom is 0.158 e. The van der Waals surface area contributed by atoms with Crippen molar-refractivity contribution in [3.8, 4) is 0 Å². The largest absolute Gasteiger partial charge is 0.295 e. The van der Waals surface area contributed by atoms with Crippen molar-refractivity contribution in [2.45, 2.75) is 52.4 Å². The van der Waals surface area contributed by atoms with Crippen LogP contribution in [0, 0.1) is 5.92 Å². The zero-order valence-corrected chi connectivity index (χ0v) is 9.96. The van der Waals surface area contributed by atoms with Crippen molar-refractivity contribution in [2.75, 3.05) is 0 Å². The lowest BCUT2D eigenvalue weighted by Gasteiger charge is -2.10. The fourth-order valence-corrected chi connectivity index (χ4v) is 1.83. The van der Waals surface area contributed by atoms with Gasteiger partial charge in [0.1, 0.15) is 0 Å². The molecule has 0 unspecified atom stereocenters. The van der Waals surface area contributed by atoms with Crippen molar-refractivity contribution in [1.82, 2.24) is 0 Å². The smallest absolute Gasteiger partial charge is 0.158 e. The summed E-state index contributed by atoms with van der Waals surface area (Å²) >= 11 is 0. The second kappa shape index (κ2) is 6.60. The summed E-state index contributed by atoms with van der Waals surface area (Å²) in [6.45, 7) is 4.37. The van der Waals surface area contributed by atoms with Crippen LogP contribution in [-0.2, 0) is 4.79 Å². The molecule has 0 N–H and O–H groups in total. The minimum Gasteiger partial charge on any atom is -0.295 e. The number of ketones is 1. The van der Waals surface area contributed by atoms with E-state index < -0.39 is 0 Å². The third kappa shape index (κ3) is 4.96. The minimum atomic E-state index is 0.383. The summed E-state index contributed by atoms with van der Waals surface area (Å²) in [7, 11) is 0. The second-order valence-corrected chi connectivity index (χ2v) is 4.61. The Bertz CT molecular complexity index is 259. The van der Waals surface area contributed by atoms with Gasteiger partial charge in [-0.1, -0.05) is 32.1 Å². The molecule has 0 aromatic heterocycles. The van der Waals surface area contributed by atoms with Gasteiger partial charge in [-0.05, 0) is 43.6 Å². The first-order valence-electron chi connectivity index (χ1n) is 6.09. The first kappa shape index (κ1) is 12.2. The molecule has 1 rings (SSSR count). The third-order valence-corrected chi connectivity index (χ3v) is 2.69. The number of hydrogen-bond acceptors (Lipinski definition) is 1. The summed E-state index contributed by atoms with van der Waals surface area (Å²) < 4.78 is 0. The lowest BCUT2D eigenvalue weighted by Crippen LogP contribution is -2.06. The molecule has 0 aliphatic heterocycles. The van der Waals surface area contributed by atoms with E-state index >= 15 is 0 Å². The average Bonchev–Trinajstić information content (AvgIpc) is 2.20. The van der Waals surface area contributed by atoms with E-state index in [2.05, 4.69) is 32.1 Å². The number of allylic oxidation sites excluding steroid dienone is 4. The highest BCUT2D eigenvalue weighted by Gasteiger charge is 2.11. The first-order valence-corrected chi connectivity index (χ1v) is 6.09. The molecule has 0 saturated heterocycles. The van der Waals surface area contributed by atoms with E-state index in [1.807, 2.05) is 0 Å². The Kier molecular flexibility index (Phi) is 5.38. The van der Waals surface area contributed by atoms with Gasteiger partial charge in [-0.15, -0.1) is 0 Å². The highest BCUT2D eigenvalue weighted by Crippen LogP contribution is 2.19. The molecule has 1 aliphatic carbocycles. The molecule has 0 amide bonds. The molecule has 0 spiro atoms. The van der Waals surface area contributed by atoms with E-state index in [9.17, 15) is 4.79 Å². The topological polar surface area (TPSA) is 17.1 Å². The third-order valence-electron chi connectivity index (χ3n) is 2.69. The lowest BCUT2D eigenvalue weighted by molar-refractivity contribution is -0.116. The van der Waals surface area contributed by atoms with Crippen LogP contribution in [0.2, 0.25) is 0 Å². The highest BCUT2D eigenvalue weighted by atomic mass is 16.1. The zero-order valence-electron chi connectivity index (χ0n) is 9.96. The molecule has 0 atom stereocenters. The summed E-state index contributed by atoms with van der Waals surface area (Å²) in [5.41, 5.74) is 1.08. The van der Waals surface area contributed by atoms with Crippen molar-refractivity contribution in [2.24, 2.45) is 5.92 Å². The van der Waals surface area contributed by atoms with Crippen LogP contribution in [0.1, 0.15) is 52.4 Å². The van der Waals surface area contributed by atoms with Gasteiger partial charge in [0.2, 0.25) is 0 Å². The number of hydrogen-bond donors (Lipinski definition) is 0. The molecule has 0 heterocycles. The maximum absolute atomic E-state index is 11.5. The summed E-state index contributed by atoms with van der Waals surface area (Å²) in [5, 5.41) is 0. The van der Waals surface area contributed by atoms with E-state index in [-0.39, 0.29) is 0 Å². The summed E-state index contributed by atoms with van der Waals surface area (Å²) in [4.78, 5) is 11.5. The summed E-state index contributed by atoms with van der Waals surface area (Å²) in [6.07, 6.45) is 12.7. The van der Waals surface area contributed by atoms with Crippen molar-refractivity contribution in [3.63, 3.8) is 0 Å². The molecule has 0 fully saturated rings. The predicted octanol–water partition coefficient (Wildman–Crippen LogP) is 4.05. The monoisotopic (exact) mass is 206 g/mol. The molecule has 0 aromatic carbocycles. The molecule has 84 valence electrons. The van der Waals surface area contributed by atoms with E-state index in [0.29, 0.717) is 11.7 Å². The normalized spacial score (nSPS) is 17.5. The molecule has 1 heteroatoms. The van der Waals surface area contributed by atoms with Gasteiger partial charge in [0.05, 0.1) is 0 Å². The molecule has 0 saturated carbocycles. The molecular formula is C14H22O. The van der Waals surface area contributed by atoms with Crippen LogP contribution in [-0.4, -0.2) is 5.78 Å². The van der Waals surface area contributed by atoms with Gasteiger partial charge in [0, 0.05) is 6.42 Å². The maximum atomic E-state index is 11.5. The van der Waals surface area contributed by atoms with Crippen LogP contribution >= 0.6 is 0 Å². The Morgan fingerprint density at radius 3 is 2.93 bits per heavy atom. The molecular weight excluding hydrogens is 184 g/mol. The molecule has 1 aliphatic rings. The van der Waals surface area contributed by atoms with Crippen LogP contribution in [0.4, 0.5) is 0 Å². The van der Waals surface area contributed by atoms with Gasteiger partial charge in [-0.2, -0.15) is 0 Å². The Morgan fingerprint density at radius 2 is 2.27 bits per heavy atom. The van der Waals surface area contributed by atoms with Gasteiger partial charge >= 0.3 is 0 Å².